The number of carbonyl (C=O) groups is 1. The van der Waals surface area contributed by atoms with Gasteiger partial charge in [0.05, 0.1) is 5.56 Å². The molecule has 0 radical (unpaired) electrons. The minimum atomic E-state index is -5.17. The third-order valence-electron chi connectivity index (χ3n) is 4.46. The second-order valence-corrected chi connectivity index (χ2v) is 6.73. The first-order valence-electron chi connectivity index (χ1n) is 8.42. The zero-order chi connectivity index (χ0) is 20.4. The quantitative estimate of drug-likeness (QED) is 0.787. The van der Waals surface area contributed by atoms with E-state index in [2.05, 4.69) is 4.90 Å². The number of nitrogens with one attached hydrogen (secondary N) is 1. The summed E-state index contributed by atoms with van der Waals surface area (Å²) in [6.45, 7) is 6.80. The van der Waals surface area contributed by atoms with E-state index in [0.29, 0.717) is 25.2 Å². The van der Waals surface area contributed by atoms with Gasteiger partial charge in [0.25, 0.3) is 0 Å². The summed E-state index contributed by atoms with van der Waals surface area (Å²) in [6, 6.07) is 3.07. The van der Waals surface area contributed by atoms with E-state index in [1.54, 1.807) is 0 Å². The van der Waals surface area contributed by atoms with Gasteiger partial charge in [-0.1, -0.05) is 6.07 Å². The van der Waals surface area contributed by atoms with Gasteiger partial charge < -0.3 is 5.32 Å². The van der Waals surface area contributed by atoms with Crippen LogP contribution in [-0.4, -0.2) is 54.1 Å². The summed E-state index contributed by atoms with van der Waals surface area (Å²) < 4.78 is 77.0. The first kappa shape index (κ1) is 21.5. The molecule has 1 amide bonds. The molecule has 10 heteroatoms. The van der Waals surface area contributed by atoms with Crippen LogP contribution in [0.25, 0.3) is 0 Å². The summed E-state index contributed by atoms with van der Waals surface area (Å²) in [4.78, 5) is 15.0. The third kappa shape index (κ3) is 5.83. The Hall–Kier alpha value is -1.81. The number of carbonyl (C=O) groups excluding carboxylic acids is 1. The van der Waals surface area contributed by atoms with Crippen molar-refractivity contribution in [3.8, 4) is 0 Å². The number of benzene rings is 1. The van der Waals surface area contributed by atoms with Gasteiger partial charge in [-0.3, -0.25) is 14.6 Å². The third-order valence-corrected chi connectivity index (χ3v) is 4.46. The van der Waals surface area contributed by atoms with Gasteiger partial charge in [0.2, 0.25) is 0 Å². The lowest BCUT2D eigenvalue weighted by atomic mass is 10.0. The number of piperazine rings is 1. The minimum Gasteiger partial charge on any atom is -0.318 e. The predicted octanol–water partition coefficient (Wildman–Crippen LogP) is 3.73. The topological polar surface area (TPSA) is 35.6 Å². The van der Waals surface area contributed by atoms with Gasteiger partial charge in [0.1, 0.15) is 0 Å². The fraction of sp³-hybridized carbons (Fsp3) is 0.588. The number of hydrogen-bond donors (Lipinski definition) is 1. The maximum Gasteiger partial charge on any atom is 0.471 e. The Bertz CT molecular complexity index is 664. The number of alkyl halides is 6. The van der Waals surface area contributed by atoms with E-state index in [0.717, 1.165) is 25.2 Å². The summed E-state index contributed by atoms with van der Waals surface area (Å²) in [7, 11) is 0. The Labute approximate surface area is 153 Å². The molecule has 1 aromatic rings. The van der Waals surface area contributed by atoms with E-state index >= 15 is 0 Å². The van der Waals surface area contributed by atoms with Crippen LogP contribution in [0.2, 0.25) is 0 Å². The highest BCUT2D eigenvalue weighted by Crippen LogP contribution is 2.35. The van der Waals surface area contributed by atoms with Crippen molar-refractivity contribution in [1.82, 2.24) is 9.80 Å². The SMILES string of the molecule is CC(C)N1CCN(Cc2ccc(NC(=O)C(F)(F)F)cc2C(F)(F)F)CC1. The van der Waals surface area contributed by atoms with Crippen molar-refractivity contribution < 1.29 is 31.1 Å². The number of amides is 1. The summed E-state index contributed by atoms with van der Waals surface area (Å²) in [5, 5.41) is 1.46. The van der Waals surface area contributed by atoms with E-state index < -0.39 is 29.5 Å². The fourth-order valence-electron chi connectivity index (χ4n) is 2.94. The van der Waals surface area contributed by atoms with E-state index in [9.17, 15) is 31.1 Å². The van der Waals surface area contributed by atoms with Gasteiger partial charge in [-0.05, 0) is 31.5 Å². The van der Waals surface area contributed by atoms with Crippen molar-refractivity contribution in [1.29, 1.82) is 0 Å². The molecule has 0 saturated carbocycles. The van der Waals surface area contributed by atoms with Crippen LogP contribution in [-0.2, 0) is 17.5 Å². The van der Waals surface area contributed by atoms with Gasteiger partial charge in [0, 0.05) is 44.5 Å². The van der Waals surface area contributed by atoms with Crippen LogP contribution in [0.1, 0.15) is 25.0 Å². The average Bonchev–Trinajstić information content (AvgIpc) is 2.55. The van der Waals surface area contributed by atoms with Crippen molar-refractivity contribution >= 4 is 11.6 Å². The maximum atomic E-state index is 13.4. The summed E-state index contributed by atoms with van der Waals surface area (Å²) in [6.07, 6.45) is -9.92. The first-order valence-corrected chi connectivity index (χ1v) is 8.42. The van der Waals surface area contributed by atoms with Crippen molar-refractivity contribution in [2.75, 3.05) is 31.5 Å². The molecule has 4 nitrogen and oxygen atoms in total. The largest absolute Gasteiger partial charge is 0.471 e. The minimum absolute atomic E-state index is 0.0360. The highest BCUT2D eigenvalue weighted by atomic mass is 19.4. The summed E-state index contributed by atoms with van der Waals surface area (Å²) in [5.41, 5.74) is -1.63. The molecule has 1 N–H and O–H groups in total. The number of hydrogen-bond acceptors (Lipinski definition) is 3. The second kappa shape index (κ2) is 8.05. The van der Waals surface area contributed by atoms with Crippen LogP contribution in [0, 0.1) is 0 Å². The van der Waals surface area contributed by atoms with Gasteiger partial charge in [-0.25, -0.2) is 0 Å². The molecule has 0 atom stereocenters. The molecule has 0 unspecified atom stereocenters. The van der Waals surface area contributed by atoms with E-state index in [-0.39, 0.29) is 12.1 Å². The lowest BCUT2D eigenvalue weighted by Crippen LogP contribution is -2.48. The van der Waals surface area contributed by atoms with Crippen LogP contribution in [0.15, 0.2) is 18.2 Å². The molecular weight excluding hydrogens is 376 g/mol. The van der Waals surface area contributed by atoms with Gasteiger partial charge >= 0.3 is 18.3 Å². The Morgan fingerprint density at radius 2 is 1.67 bits per heavy atom. The van der Waals surface area contributed by atoms with Crippen LogP contribution in [0.3, 0.4) is 0 Å². The van der Waals surface area contributed by atoms with E-state index in [1.807, 2.05) is 18.7 Å². The molecule has 1 saturated heterocycles. The van der Waals surface area contributed by atoms with Crippen LogP contribution in [0.5, 0.6) is 0 Å². The van der Waals surface area contributed by atoms with Crippen molar-refractivity contribution in [2.45, 2.75) is 38.8 Å². The molecule has 1 aromatic carbocycles. The van der Waals surface area contributed by atoms with Crippen LogP contribution < -0.4 is 5.32 Å². The number of anilines is 1. The maximum absolute atomic E-state index is 13.4. The molecule has 0 bridgehead atoms. The lowest BCUT2D eigenvalue weighted by Gasteiger charge is -2.37. The van der Waals surface area contributed by atoms with Crippen LogP contribution >= 0.6 is 0 Å². The van der Waals surface area contributed by atoms with Crippen molar-refractivity contribution in [2.24, 2.45) is 0 Å². The Kier molecular flexibility index (Phi) is 6.41. The number of rotatable bonds is 4. The summed E-state index contributed by atoms with van der Waals surface area (Å²) >= 11 is 0. The summed E-state index contributed by atoms with van der Waals surface area (Å²) in [5.74, 6) is -2.31. The normalized spacial score (nSPS) is 17.4. The standard InChI is InChI=1S/C17H21F6N3O/c1-11(2)26-7-5-25(6-8-26)10-12-3-4-13(9-14(12)16(18,19)20)24-15(27)17(21,22)23/h3-4,9,11H,5-8,10H2,1-2H3,(H,24,27). The van der Waals surface area contributed by atoms with Crippen molar-refractivity contribution in [3.63, 3.8) is 0 Å². The van der Waals surface area contributed by atoms with Crippen molar-refractivity contribution in [3.05, 3.63) is 29.3 Å². The molecule has 0 aromatic heterocycles. The molecule has 1 aliphatic rings. The van der Waals surface area contributed by atoms with E-state index in [1.165, 1.54) is 5.32 Å². The zero-order valence-electron chi connectivity index (χ0n) is 14.9. The zero-order valence-corrected chi connectivity index (χ0v) is 14.9. The molecule has 1 heterocycles. The monoisotopic (exact) mass is 397 g/mol. The first-order chi connectivity index (χ1) is 12.4. The smallest absolute Gasteiger partial charge is 0.318 e. The Balaban J connectivity index is 2.16. The highest BCUT2D eigenvalue weighted by molar-refractivity contribution is 5.95. The van der Waals surface area contributed by atoms with E-state index in [4.69, 9.17) is 0 Å². The van der Waals surface area contributed by atoms with Gasteiger partial charge in [-0.15, -0.1) is 0 Å². The molecular formula is C17H21F6N3O. The average molecular weight is 397 g/mol. The molecule has 0 aliphatic carbocycles. The number of nitrogens with zero attached hydrogens (tertiary/aromatic N) is 2. The lowest BCUT2D eigenvalue weighted by molar-refractivity contribution is -0.167. The number of halogens is 6. The Morgan fingerprint density at radius 1 is 1.07 bits per heavy atom. The predicted molar refractivity (Wildman–Crippen MR) is 88.1 cm³/mol. The highest BCUT2D eigenvalue weighted by Gasteiger charge is 2.39. The molecule has 2 rings (SSSR count). The molecule has 27 heavy (non-hydrogen) atoms. The molecule has 152 valence electrons. The molecule has 1 fully saturated rings. The fourth-order valence-corrected chi connectivity index (χ4v) is 2.94. The Morgan fingerprint density at radius 3 is 2.15 bits per heavy atom. The molecule has 0 spiro atoms. The van der Waals surface area contributed by atoms with Gasteiger partial charge in [-0.2, -0.15) is 26.3 Å². The second-order valence-electron chi connectivity index (χ2n) is 6.73. The molecule has 1 aliphatic heterocycles. The van der Waals surface area contributed by atoms with Crippen LogP contribution in [0.4, 0.5) is 32.0 Å². The van der Waals surface area contributed by atoms with Gasteiger partial charge in [0.15, 0.2) is 0 Å².